The van der Waals surface area contributed by atoms with E-state index < -0.39 is 31.3 Å². The van der Waals surface area contributed by atoms with Gasteiger partial charge in [0.15, 0.2) is 0 Å². The maximum Gasteiger partial charge on any atom is 0.466 e. The highest BCUT2D eigenvalue weighted by Gasteiger charge is 2.01. The molecule has 17 nitrogen and oxygen atoms in total. The first kappa shape index (κ1) is 33.1. The molecule has 15 N–H and O–H groups in total. The third kappa shape index (κ3) is 43200. The van der Waals surface area contributed by atoms with E-state index in [1.165, 1.54) is 0 Å². The average molecular weight is 409 g/mol. The molecule has 0 rings (SSSR count). The average Bonchev–Trinajstić information content (AvgIpc) is 1.62. The fraction of sp³-hybridized carbons (Fsp3) is 0. The minimum Gasteiger partial charge on any atom is -0.344 e. The van der Waals surface area contributed by atoms with Crippen LogP contribution in [0.15, 0.2) is 0 Å². The second-order valence-corrected chi connectivity index (χ2v) is 6.16. The summed E-state index contributed by atoms with van der Waals surface area (Å²) in [6, 6.07) is 0. The minimum absolute atomic E-state index is 0. The van der Waals surface area contributed by atoms with E-state index in [2.05, 4.69) is 0 Å². The van der Waals surface area contributed by atoms with Gasteiger partial charge in [-0.15, -0.1) is 0 Å². The third-order valence-electron chi connectivity index (χ3n) is 0. The summed E-state index contributed by atoms with van der Waals surface area (Å²) in [7, 11) is -18.6. The Kier molecular flexibility index (Phi) is 20.3. The quantitative estimate of drug-likeness (QED) is 0.172. The molecule has 136 valence electrons. The van der Waals surface area contributed by atoms with Crippen LogP contribution in [0.25, 0.3) is 0 Å². The summed E-state index contributed by atoms with van der Waals surface area (Å²) in [4.78, 5) is 86.2. The van der Waals surface area contributed by atoms with Crippen molar-refractivity contribution in [3.8, 4) is 0 Å². The number of rotatable bonds is 0. The molecule has 0 saturated heterocycles. The molecule has 0 bridgehead atoms. The number of hydrogen-bond acceptors (Lipinski definition) is 5. The molecular weight excluding hydrogens is 394 g/mol. The van der Waals surface area contributed by atoms with Crippen molar-refractivity contribution in [2.75, 3.05) is 0 Å². The SMILES string of the molecule is N.O=P(O)(O)O.O=P(O)(O)O.O=P(O)(O)O.O=P(O)(O)O. The van der Waals surface area contributed by atoms with Gasteiger partial charge < -0.3 is 64.9 Å². The fourth-order valence-electron chi connectivity index (χ4n) is 0. The van der Waals surface area contributed by atoms with Crippen molar-refractivity contribution in [1.82, 2.24) is 6.15 Å². The molecule has 0 aliphatic carbocycles. The zero-order chi connectivity index (χ0) is 18.0. The van der Waals surface area contributed by atoms with Crippen molar-refractivity contribution < 1.29 is 77.0 Å². The summed E-state index contributed by atoms with van der Waals surface area (Å²) in [5.41, 5.74) is 0. The number of hydrogen-bond donors (Lipinski definition) is 13. The molecule has 0 atom stereocenters. The minimum atomic E-state index is -4.64. The van der Waals surface area contributed by atoms with Gasteiger partial charge in [0.25, 0.3) is 0 Å². The Bertz CT molecular complexity index is 285. The van der Waals surface area contributed by atoms with E-state index in [9.17, 15) is 0 Å². The Labute approximate surface area is 115 Å². The summed E-state index contributed by atoms with van der Waals surface area (Å²) < 4.78 is 35.5. The largest absolute Gasteiger partial charge is 0.466 e. The second-order valence-electron chi connectivity index (χ2n) is 2.05. The van der Waals surface area contributed by atoms with Gasteiger partial charge >= 0.3 is 31.3 Å². The van der Waals surface area contributed by atoms with Gasteiger partial charge in [0.1, 0.15) is 0 Å². The highest BCUT2D eigenvalue weighted by molar-refractivity contribution is 7.45. The van der Waals surface area contributed by atoms with E-state index in [0.717, 1.165) is 0 Å². The number of phosphoric acid groups is 4. The summed E-state index contributed by atoms with van der Waals surface area (Å²) in [5, 5.41) is 0. The van der Waals surface area contributed by atoms with Crippen LogP contribution in [0.3, 0.4) is 0 Å². The van der Waals surface area contributed by atoms with E-state index in [4.69, 9.17) is 77.0 Å². The monoisotopic (exact) mass is 409 g/mol. The van der Waals surface area contributed by atoms with E-state index in [1.807, 2.05) is 0 Å². The summed E-state index contributed by atoms with van der Waals surface area (Å²) in [6.45, 7) is 0. The van der Waals surface area contributed by atoms with Crippen LogP contribution < -0.4 is 6.15 Å². The van der Waals surface area contributed by atoms with Crippen molar-refractivity contribution in [2.45, 2.75) is 0 Å². The van der Waals surface area contributed by atoms with Crippen LogP contribution in [-0.2, 0) is 18.3 Å². The lowest BCUT2D eigenvalue weighted by molar-refractivity contribution is 0.272. The van der Waals surface area contributed by atoms with Crippen molar-refractivity contribution >= 4 is 31.3 Å². The molecule has 0 radical (unpaired) electrons. The molecule has 0 saturated carbocycles. The van der Waals surface area contributed by atoms with Gasteiger partial charge in [0, 0.05) is 0 Å². The lowest BCUT2D eigenvalue weighted by atomic mass is 14.0. The van der Waals surface area contributed by atoms with Crippen LogP contribution in [0.5, 0.6) is 0 Å². The van der Waals surface area contributed by atoms with Gasteiger partial charge in [-0.3, -0.25) is 0 Å². The normalized spacial score (nSPS) is 11.2. The topological polar surface area (TPSA) is 346 Å². The molecule has 0 spiro atoms. The Morgan fingerprint density at radius 3 is 0.333 bits per heavy atom. The maximum atomic E-state index is 8.88. The van der Waals surface area contributed by atoms with Crippen LogP contribution in [0.2, 0.25) is 0 Å². The van der Waals surface area contributed by atoms with Gasteiger partial charge in [-0.1, -0.05) is 0 Å². The van der Waals surface area contributed by atoms with Gasteiger partial charge in [-0.2, -0.15) is 0 Å². The van der Waals surface area contributed by atoms with Crippen LogP contribution in [0, 0.1) is 0 Å². The Balaban J connectivity index is -0.0000000533. The Morgan fingerprint density at radius 1 is 0.333 bits per heavy atom. The van der Waals surface area contributed by atoms with Crippen LogP contribution in [-0.4, -0.2) is 58.7 Å². The summed E-state index contributed by atoms with van der Waals surface area (Å²) in [5.74, 6) is 0. The molecule has 0 heterocycles. The Morgan fingerprint density at radius 2 is 0.333 bits per heavy atom. The molecule has 0 aromatic rings. The lowest BCUT2D eigenvalue weighted by Crippen LogP contribution is -1.66. The molecule has 21 heavy (non-hydrogen) atoms. The standard InChI is InChI=1S/H3N.4H3O4P/c;4*1-5(2,3)4/h1H3;4*(H3,1,2,3,4). The van der Waals surface area contributed by atoms with Crippen molar-refractivity contribution in [3.63, 3.8) is 0 Å². The zero-order valence-electron chi connectivity index (χ0n) is 9.50. The molecule has 0 aromatic heterocycles. The highest BCUT2D eigenvalue weighted by Crippen LogP contribution is 2.27. The van der Waals surface area contributed by atoms with Crippen molar-refractivity contribution in [1.29, 1.82) is 0 Å². The van der Waals surface area contributed by atoms with Crippen molar-refractivity contribution in [2.24, 2.45) is 0 Å². The molecule has 0 aliphatic rings. The van der Waals surface area contributed by atoms with Gasteiger partial charge in [0.2, 0.25) is 0 Å². The smallest absolute Gasteiger partial charge is 0.344 e. The van der Waals surface area contributed by atoms with Gasteiger partial charge in [-0.25, -0.2) is 18.3 Å². The van der Waals surface area contributed by atoms with Crippen LogP contribution in [0.4, 0.5) is 0 Å². The summed E-state index contributed by atoms with van der Waals surface area (Å²) in [6.07, 6.45) is 0. The second kappa shape index (κ2) is 12.9. The maximum absolute atomic E-state index is 8.88. The molecule has 0 unspecified atom stereocenters. The van der Waals surface area contributed by atoms with E-state index in [1.54, 1.807) is 0 Å². The fourth-order valence-corrected chi connectivity index (χ4v) is 0. The van der Waals surface area contributed by atoms with Crippen molar-refractivity contribution in [3.05, 3.63) is 0 Å². The van der Waals surface area contributed by atoms with E-state index in [-0.39, 0.29) is 6.15 Å². The van der Waals surface area contributed by atoms with E-state index >= 15 is 0 Å². The van der Waals surface area contributed by atoms with E-state index in [0.29, 0.717) is 0 Å². The zero-order valence-corrected chi connectivity index (χ0v) is 13.1. The molecular formula is H15NO16P4. The molecule has 21 heteroatoms. The molecule has 0 amide bonds. The molecule has 0 fully saturated rings. The third-order valence-corrected chi connectivity index (χ3v) is 0. The Hall–Kier alpha value is 0.400. The molecule has 0 aliphatic heterocycles. The highest BCUT2D eigenvalue weighted by atomic mass is 31.2. The predicted molar refractivity (Wildman–Crippen MR) is 62.1 cm³/mol. The first-order valence-corrected chi connectivity index (χ1v) is 9.39. The predicted octanol–water partition coefficient (Wildman–Crippen LogP) is -3.55. The van der Waals surface area contributed by atoms with Gasteiger partial charge in [0.05, 0.1) is 0 Å². The lowest BCUT2D eigenvalue weighted by Gasteiger charge is -1.82. The molecule has 0 aromatic carbocycles. The summed E-state index contributed by atoms with van der Waals surface area (Å²) >= 11 is 0. The van der Waals surface area contributed by atoms with Gasteiger partial charge in [-0.05, 0) is 0 Å². The first-order chi connectivity index (χ1) is 8.00. The van der Waals surface area contributed by atoms with Crippen LogP contribution >= 0.6 is 31.3 Å². The first-order valence-electron chi connectivity index (χ1n) is 3.13. The van der Waals surface area contributed by atoms with Crippen LogP contribution in [0.1, 0.15) is 0 Å².